The van der Waals surface area contributed by atoms with Gasteiger partial charge in [0.1, 0.15) is 12.3 Å². The first-order valence-electron chi connectivity index (χ1n) is 7.76. The Bertz CT molecular complexity index is 621. The van der Waals surface area contributed by atoms with Gasteiger partial charge in [0.15, 0.2) is 0 Å². The molecule has 0 amide bonds. The average Bonchev–Trinajstić information content (AvgIpc) is 2.87. The second-order valence-electron chi connectivity index (χ2n) is 5.78. The van der Waals surface area contributed by atoms with Gasteiger partial charge in [0.05, 0.1) is 12.7 Å². The quantitative estimate of drug-likeness (QED) is 0.729. The lowest BCUT2D eigenvalue weighted by Crippen LogP contribution is -2.42. The number of aromatic nitrogens is 2. The van der Waals surface area contributed by atoms with Crippen LogP contribution in [0.4, 0.5) is 0 Å². The van der Waals surface area contributed by atoms with Crippen LogP contribution in [0.25, 0.3) is 0 Å². The highest BCUT2D eigenvalue weighted by atomic mass is 16.5. The van der Waals surface area contributed by atoms with Gasteiger partial charge >= 0.3 is 5.69 Å². The first kappa shape index (κ1) is 16.9. The zero-order valence-electron chi connectivity index (χ0n) is 13.1. The minimum absolute atomic E-state index is 0.220. The maximum Gasteiger partial charge on any atom is 0.333 e. The maximum atomic E-state index is 12.5. The Morgan fingerprint density at radius 3 is 2.68 bits per heavy atom. The minimum Gasteiger partial charge on any atom is -0.394 e. The third-order valence-electron chi connectivity index (χ3n) is 4.05. The number of ether oxygens (including phenoxy) is 1. The zero-order valence-corrected chi connectivity index (χ0v) is 13.1. The molecule has 7 nitrogen and oxygen atoms in total. The molecular formula is C15H24N2O5. The summed E-state index contributed by atoms with van der Waals surface area (Å²) in [6.07, 6.45) is 2.24. The molecular weight excluding hydrogens is 288 g/mol. The molecule has 1 aliphatic heterocycles. The fourth-order valence-electron chi connectivity index (χ4n) is 2.73. The summed E-state index contributed by atoms with van der Waals surface area (Å²) in [5.74, 6) is 0. The largest absolute Gasteiger partial charge is 0.394 e. The highest BCUT2D eigenvalue weighted by Crippen LogP contribution is 2.27. The lowest BCUT2D eigenvalue weighted by Gasteiger charge is -2.17. The fourth-order valence-corrected chi connectivity index (χ4v) is 2.73. The summed E-state index contributed by atoms with van der Waals surface area (Å²) in [6, 6.07) is 0. The molecule has 22 heavy (non-hydrogen) atoms. The van der Waals surface area contributed by atoms with Crippen LogP contribution in [0.15, 0.2) is 15.8 Å². The highest BCUT2D eigenvalue weighted by Gasteiger charge is 2.35. The molecule has 2 rings (SSSR count). The topological polar surface area (TPSA) is 93.7 Å². The Hall–Kier alpha value is -1.44. The van der Waals surface area contributed by atoms with Crippen LogP contribution >= 0.6 is 0 Å². The molecule has 0 spiro atoms. The van der Waals surface area contributed by atoms with Gasteiger partial charge < -0.3 is 14.9 Å². The van der Waals surface area contributed by atoms with Gasteiger partial charge in [-0.1, -0.05) is 19.8 Å². The van der Waals surface area contributed by atoms with Gasteiger partial charge in [0, 0.05) is 24.7 Å². The molecule has 0 aliphatic carbocycles. The van der Waals surface area contributed by atoms with Crippen LogP contribution < -0.4 is 11.2 Å². The number of hydrogen-bond acceptors (Lipinski definition) is 5. The van der Waals surface area contributed by atoms with E-state index < -0.39 is 24.1 Å². The second-order valence-corrected chi connectivity index (χ2v) is 5.78. The third kappa shape index (κ3) is 3.31. The van der Waals surface area contributed by atoms with Crippen molar-refractivity contribution in [1.29, 1.82) is 0 Å². The standard InChI is InChI=1S/C15H24N2O5/c1-3-4-5-6-16-14(20)10(2)8-17(15(16)21)13-7-11(19)12(9-18)22-13/h8,11-13,18-19H,3-7,9H2,1-2H3/t11-,12+,13+/m0/s1. The Labute approximate surface area is 128 Å². The van der Waals surface area contributed by atoms with Gasteiger partial charge in [-0.3, -0.25) is 13.9 Å². The van der Waals surface area contributed by atoms with Crippen LogP contribution in [-0.4, -0.2) is 38.2 Å². The fraction of sp³-hybridized carbons (Fsp3) is 0.733. The van der Waals surface area contributed by atoms with Crippen LogP contribution in [0.3, 0.4) is 0 Å². The molecule has 1 saturated heterocycles. The first-order valence-corrected chi connectivity index (χ1v) is 7.76. The molecule has 1 aromatic heterocycles. The summed E-state index contributed by atoms with van der Waals surface area (Å²) in [7, 11) is 0. The lowest BCUT2D eigenvalue weighted by molar-refractivity contribution is -0.0464. The van der Waals surface area contributed by atoms with E-state index in [1.54, 1.807) is 6.92 Å². The Kier molecular flexibility index (Phi) is 5.55. The molecule has 1 aliphatic rings. The molecule has 124 valence electrons. The van der Waals surface area contributed by atoms with Crippen molar-refractivity contribution in [3.05, 3.63) is 32.6 Å². The second kappa shape index (κ2) is 7.21. The predicted octanol–water partition coefficient (Wildman–Crippen LogP) is 0.149. The first-order chi connectivity index (χ1) is 10.5. The van der Waals surface area contributed by atoms with E-state index in [0.29, 0.717) is 12.1 Å². The normalized spacial score (nSPS) is 24.8. The molecule has 1 aromatic rings. The van der Waals surface area contributed by atoms with Crippen LogP contribution in [0.1, 0.15) is 44.4 Å². The molecule has 0 unspecified atom stereocenters. The van der Waals surface area contributed by atoms with E-state index in [9.17, 15) is 14.7 Å². The van der Waals surface area contributed by atoms with Crippen LogP contribution in [0.2, 0.25) is 0 Å². The van der Waals surface area contributed by atoms with Gasteiger partial charge in [-0.15, -0.1) is 0 Å². The summed E-state index contributed by atoms with van der Waals surface area (Å²) in [4.78, 5) is 24.7. The Morgan fingerprint density at radius 2 is 2.09 bits per heavy atom. The van der Waals surface area contributed by atoms with Crippen molar-refractivity contribution in [1.82, 2.24) is 9.13 Å². The molecule has 0 aromatic carbocycles. The summed E-state index contributed by atoms with van der Waals surface area (Å²) < 4.78 is 8.09. The van der Waals surface area contributed by atoms with Crippen LogP contribution in [0, 0.1) is 6.92 Å². The number of rotatable bonds is 6. The number of nitrogens with zero attached hydrogens (tertiary/aromatic N) is 2. The summed E-state index contributed by atoms with van der Waals surface area (Å²) in [5, 5.41) is 18.9. The van der Waals surface area contributed by atoms with E-state index in [1.807, 2.05) is 0 Å². The molecule has 2 heterocycles. The van der Waals surface area contributed by atoms with Crippen molar-refractivity contribution in [2.75, 3.05) is 6.61 Å². The summed E-state index contributed by atoms with van der Waals surface area (Å²) >= 11 is 0. The third-order valence-corrected chi connectivity index (χ3v) is 4.05. The average molecular weight is 312 g/mol. The van der Waals surface area contributed by atoms with Crippen molar-refractivity contribution < 1.29 is 14.9 Å². The van der Waals surface area contributed by atoms with E-state index >= 15 is 0 Å². The lowest BCUT2D eigenvalue weighted by atomic mass is 10.2. The minimum atomic E-state index is -0.817. The van der Waals surface area contributed by atoms with E-state index in [4.69, 9.17) is 9.84 Å². The highest BCUT2D eigenvalue weighted by molar-refractivity contribution is 5.04. The molecule has 3 atom stereocenters. The number of hydrogen-bond donors (Lipinski definition) is 2. The Morgan fingerprint density at radius 1 is 1.36 bits per heavy atom. The molecule has 0 bridgehead atoms. The summed E-state index contributed by atoms with van der Waals surface area (Å²) in [6.45, 7) is 3.79. The smallest absolute Gasteiger partial charge is 0.333 e. The molecule has 7 heteroatoms. The molecule has 0 saturated carbocycles. The van der Waals surface area contributed by atoms with E-state index in [2.05, 4.69) is 6.92 Å². The van der Waals surface area contributed by atoms with Gasteiger partial charge in [-0.25, -0.2) is 4.79 Å². The van der Waals surface area contributed by atoms with Crippen molar-refractivity contribution in [3.63, 3.8) is 0 Å². The zero-order chi connectivity index (χ0) is 16.3. The van der Waals surface area contributed by atoms with Crippen molar-refractivity contribution in [2.24, 2.45) is 0 Å². The summed E-state index contributed by atoms with van der Waals surface area (Å²) in [5.41, 5.74) is -0.251. The van der Waals surface area contributed by atoms with Gasteiger partial charge in [0.2, 0.25) is 0 Å². The number of aryl methyl sites for hydroxylation is 1. The van der Waals surface area contributed by atoms with Gasteiger partial charge in [0.25, 0.3) is 5.56 Å². The Balaban J connectivity index is 2.33. The number of aliphatic hydroxyl groups excluding tert-OH is 2. The predicted molar refractivity (Wildman–Crippen MR) is 80.8 cm³/mol. The van der Waals surface area contributed by atoms with Gasteiger partial charge in [-0.05, 0) is 13.3 Å². The van der Waals surface area contributed by atoms with Crippen LogP contribution in [-0.2, 0) is 11.3 Å². The van der Waals surface area contributed by atoms with E-state index in [0.717, 1.165) is 19.3 Å². The van der Waals surface area contributed by atoms with Gasteiger partial charge in [-0.2, -0.15) is 0 Å². The molecule has 1 fully saturated rings. The van der Waals surface area contributed by atoms with E-state index in [1.165, 1.54) is 15.3 Å². The number of aliphatic hydroxyl groups is 2. The molecule has 0 radical (unpaired) electrons. The monoisotopic (exact) mass is 312 g/mol. The van der Waals surface area contributed by atoms with E-state index in [-0.39, 0.29) is 18.6 Å². The van der Waals surface area contributed by atoms with Crippen molar-refractivity contribution in [2.45, 2.75) is 64.5 Å². The van der Waals surface area contributed by atoms with Crippen molar-refractivity contribution in [3.8, 4) is 0 Å². The van der Waals surface area contributed by atoms with Crippen LogP contribution in [0.5, 0.6) is 0 Å². The maximum absolute atomic E-state index is 12.5. The number of unbranched alkanes of at least 4 members (excludes halogenated alkanes) is 2. The SMILES string of the molecule is CCCCCn1c(=O)c(C)cn([C@H]2C[C@H](O)[C@@H](CO)O2)c1=O. The molecule has 2 N–H and O–H groups in total. The van der Waals surface area contributed by atoms with Crippen molar-refractivity contribution >= 4 is 0 Å².